The molecular weight excluding hydrogens is 1010 g/mol. The van der Waals surface area contributed by atoms with Crippen molar-refractivity contribution in [2.75, 3.05) is 0 Å². The van der Waals surface area contributed by atoms with Gasteiger partial charge in [0.2, 0.25) is 0 Å². The summed E-state index contributed by atoms with van der Waals surface area (Å²) in [6.07, 6.45) is 0. The molecular formula is Hf5N4O4. The first kappa shape index (κ1) is 269. The minimum Gasteiger partial charge on any atom is -3.00 e. The van der Waals surface area contributed by atoms with Gasteiger partial charge >= 0.3 is 129 Å². The molecule has 0 spiro atoms. The number of rotatable bonds is 0. The number of nitrogens with zero attached hydrogens (tertiary/aromatic N) is 4. The summed E-state index contributed by atoms with van der Waals surface area (Å²) < 4.78 is 0. The fourth-order valence-corrected chi connectivity index (χ4v) is 0. The van der Waals surface area contributed by atoms with Crippen molar-refractivity contribution in [2.45, 2.75) is 0 Å². The maximum Gasteiger partial charge on any atom is 4.00 e. The largest absolute Gasteiger partial charge is 4.00 e. The Balaban J connectivity index is 0. The fraction of sp³-hybridized carbons (Fsp3) is 0. The van der Waals surface area contributed by atoms with Crippen molar-refractivity contribution >= 4 is 0 Å². The van der Waals surface area contributed by atoms with E-state index in [-0.39, 0.29) is 176 Å². The quantitative estimate of drug-likeness (QED) is 0.305. The Morgan fingerprint density at radius 1 is 0.231 bits per heavy atom. The summed E-state index contributed by atoms with van der Waals surface area (Å²) in [5.41, 5.74) is 0. The van der Waals surface area contributed by atoms with Crippen LogP contribution in [-0.2, 0) is 151 Å². The number of hydrogen-bond donors (Lipinski definition) is 0. The van der Waals surface area contributed by atoms with E-state index >= 15 is 0 Å². The fourth-order valence-electron chi connectivity index (χ4n) is 0. The molecule has 0 aromatic carbocycles. The van der Waals surface area contributed by atoms with E-state index in [0.717, 1.165) is 0 Å². The van der Waals surface area contributed by atoms with E-state index in [2.05, 4.69) is 0 Å². The van der Waals surface area contributed by atoms with Crippen LogP contribution in [0.1, 0.15) is 0 Å². The summed E-state index contributed by atoms with van der Waals surface area (Å²) >= 11 is 0. The molecule has 0 radical (unpaired) electrons. The third-order valence-corrected chi connectivity index (χ3v) is 0. The molecule has 0 amide bonds. The Bertz CT molecular complexity index is 20.5. The normalized spacial score (nSPS) is 0. The maximum absolute atomic E-state index is 0. The molecule has 0 fully saturated rings. The van der Waals surface area contributed by atoms with Crippen LogP contribution in [0.15, 0.2) is 0 Å². The second-order valence-corrected chi connectivity index (χ2v) is 0. The van der Waals surface area contributed by atoms with Crippen LogP contribution in [0, 0.1) is 0 Å². The molecule has 0 aliphatic heterocycles. The van der Waals surface area contributed by atoms with Gasteiger partial charge in [0.1, 0.15) is 0 Å². The van der Waals surface area contributed by atoms with Crippen LogP contribution in [0.25, 0.3) is 24.6 Å². The van der Waals surface area contributed by atoms with Gasteiger partial charge in [-0.2, -0.15) is 0 Å². The molecule has 0 rings (SSSR count). The topological polar surface area (TPSA) is 236 Å². The molecule has 0 atom stereocenters. The summed E-state index contributed by atoms with van der Waals surface area (Å²) in [4.78, 5) is 0. The van der Waals surface area contributed by atoms with Gasteiger partial charge in [-0.25, -0.2) is 0 Å². The van der Waals surface area contributed by atoms with Crippen molar-refractivity contribution in [3.8, 4) is 0 Å². The van der Waals surface area contributed by atoms with Crippen LogP contribution in [0.4, 0.5) is 0 Å². The average molecular weight is 1010 g/mol. The SMILES string of the molecule is [Hf+4].[Hf+4].[Hf+4].[Hf+4].[Hf+4].[N-3].[N-3].[N-3].[N-3].[O-2].[O-2].[O-2].[O-2]. The molecule has 0 N–H and O–H groups in total. The molecule has 13 heavy (non-hydrogen) atoms. The molecule has 0 heterocycles. The first-order valence-corrected chi connectivity index (χ1v) is 0. The van der Waals surface area contributed by atoms with Crippen molar-refractivity contribution in [1.29, 1.82) is 0 Å². The van der Waals surface area contributed by atoms with Gasteiger partial charge in [0.05, 0.1) is 0 Å². The first-order valence-electron chi connectivity index (χ1n) is 0. The molecule has 0 aliphatic rings. The van der Waals surface area contributed by atoms with Crippen molar-refractivity contribution in [1.82, 2.24) is 0 Å². The van der Waals surface area contributed by atoms with Gasteiger partial charge in [-0.1, -0.05) is 0 Å². The van der Waals surface area contributed by atoms with Gasteiger partial charge < -0.3 is 46.5 Å². The second kappa shape index (κ2) is 223. The van der Waals surface area contributed by atoms with Gasteiger partial charge in [0.15, 0.2) is 0 Å². The summed E-state index contributed by atoms with van der Waals surface area (Å²) in [6, 6.07) is 0. The van der Waals surface area contributed by atoms with Gasteiger partial charge in [0, 0.05) is 0 Å². The predicted molar refractivity (Wildman–Crippen MR) is 16.2 cm³/mol. The molecule has 0 saturated heterocycles. The van der Waals surface area contributed by atoms with E-state index in [1.54, 1.807) is 0 Å². The average Bonchev–Trinajstić information content (AvgIpc) is 0. The molecule has 8 nitrogen and oxygen atoms in total. The van der Waals surface area contributed by atoms with E-state index < -0.39 is 0 Å². The van der Waals surface area contributed by atoms with Gasteiger partial charge in [-0.3, -0.25) is 0 Å². The van der Waals surface area contributed by atoms with Crippen molar-refractivity contribution in [2.24, 2.45) is 0 Å². The second-order valence-electron chi connectivity index (χ2n) is 0. The minimum atomic E-state index is 0. The molecule has 64 valence electrons. The van der Waals surface area contributed by atoms with E-state index in [4.69, 9.17) is 0 Å². The van der Waals surface area contributed by atoms with E-state index in [0.29, 0.717) is 0 Å². The Labute approximate surface area is 172 Å². The van der Waals surface area contributed by atoms with E-state index in [9.17, 15) is 0 Å². The smallest absolute Gasteiger partial charge is 3.00 e. The van der Waals surface area contributed by atoms with Crippen LogP contribution in [-0.4, -0.2) is 0 Å². The maximum atomic E-state index is 0. The first-order chi connectivity index (χ1) is 0. The Morgan fingerprint density at radius 3 is 0.231 bits per heavy atom. The molecule has 0 aromatic rings. The van der Waals surface area contributed by atoms with Crippen LogP contribution in [0.2, 0.25) is 0 Å². The van der Waals surface area contributed by atoms with Crippen LogP contribution < -0.4 is 0 Å². The van der Waals surface area contributed by atoms with Gasteiger partial charge in [0.25, 0.3) is 0 Å². The van der Waals surface area contributed by atoms with Crippen molar-refractivity contribution < 1.29 is 151 Å². The molecule has 0 aliphatic carbocycles. The van der Waals surface area contributed by atoms with E-state index in [1.165, 1.54) is 0 Å². The third kappa shape index (κ3) is 194. The molecule has 0 unspecified atom stereocenters. The van der Waals surface area contributed by atoms with Crippen LogP contribution in [0.3, 0.4) is 0 Å². The summed E-state index contributed by atoms with van der Waals surface area (Å²) in [5.74, 6) is 0. The van der Waals surface area contributed by atoms with Crippen molar-refractivity contribution in [3.05, 3.63) is 24.6 Å². The van der Waals surface area contributed by atoms with Gasteiger partial charge in [-0.05, 0) is 0 Å². The third-order valence-electron chi connectivity index (χ3n) is 0. The zero-order chi connectivity index (χ0) is 0. The predicted octanol–water partition coefficient (Wildman–Crippen LogP) is 0.667. The number of hydrogen-bond acceptors (Lipinski definition) is 0. The zero-order valence-electron chi connectivity index (χ0n) is 5.92. The molecule has 0 saturated carbocycles. The summed E-state index contributed by atoms with van der Waals surface area (Å²) in [5, 5.41) is 0. The van der Waals surface area contributed by atoms with Crippen molar-refractivity contribution in [3.63, 3.8) is 0 Å². The monoisotopic (exact) mass is 1020 g/mol. The minimum absolute atomic E-state index is 0. The summed E-state index contributed by atoms with van der Waals surface area (Å²) in [7, 11) is 0. The van der Waals surface area contributed by atoms with Crippen LogP contribution in [0.5, 0.6) is 0 Å². The Kier molecular flexibility index (Phi) is 4620. The van der Waals surface area contributed by atoms with E-state index in [1.807, 2.05) is 0 Å². The zero-order valence-corrected chi connectivity index (χ0v) is 23.9. The van der Waals surface area contributed by atoms with Gasteiger partial charge in [-0.15, -0.1) is 0 Å². The standard InChI is InChI=1S/5Hf.4N.4O/q5*+4;4*-3;4*-2. The molecule has 0 bridgehead atoms. The van der Waals surface area contributed by atoms with Crippen LogP contribution >= 0.6 is 0 Å². The molecule has 13 heteroatoms. The molecule has 0 aromatic heterocycles. The Hall–Kier alpha value is 4.03. The summed E-state index contributed by atoms with van der Waals surface area (Å²) in [6.45, 7) is 0. The Morgan fingerprint density at radius 2 is 0.231 bits per heavy atom.